The maximum atomic E-state index is 9.33. The van der Waals surface area contributed by atoms with Crippen LogP contribution in [0.2, 0.25) is 0 Å². The van der Waals surface area contributed by atoms with Gasteiger partial charge in [0.2, 0.25) is 0 Å². The van der Waals surface area contributed by atoms with Crippen LogP contribution in [0.3, 0.4) is 0 Å². The van der Waals surface area contributed by atoms with E-state index in [-0.39, 0.29) is 12.6 Å². The molecule has 5 heteroatoms. The summed E-state index contributed by atoms with van der Waals surface area (Å²) in [4.78, 5) is 8.54. The van der Waals surface area contributed by atoms with E-state index in [4.69, 9.17) is 5.73 Å². The van der Waals surface area contributed by atoms with Crippen molar-refractivity contribution in [2.45, 2.75) is 25.8 Å². The van der Waals surface area contributed by atoms with Crippen molar-refractivity contribution in [2.24, 2.45) is 0 Å². The van der Waals surface area contributed by atoms with Gasteiger partial charge >= 0.3 is 0 Å². The molecule has 0 fully saturated rings. The highest BCUT2D eigenvalue weighted by molar-refractivity contribution is 5.89. The lowest BCUT2D eigenvalue weighted by molar-refractivity contribution is 0.268. The van der Waals surface area contributed by atoms with Crippen LogP contribution >= 0.6 is 0 Å². The summed E-state index contributed by atoms with van der Waals surface area (Å²) in [7, 11) is 0. The van der Waals surface area contributed by atoms with E-state index < -0.39 is 0 Å². The summed E-state index contributed by atoms with van der Waals surface area (Å²) in [5.41, 5.74) is 8.14. The van der Waals surface area contributed by atoms with E-state index in [2.05, 4.69) is 22.2 Å². The fourth-order valence-corrected chi connectivity index (χ4v) is 1.97. The van der Waals surface area contributed by atoms with Gasteiger partial charge in [0.25, 0.3) is 0 Å². The van der Waals surface area contributed by atoms with Crippen molar-refractivity contribution in [1.82, 2.24) is 9.97 Å². The summed E-state index contributed by atoms with van der Waals surface area (Å²) in [6.45, 7) is 2.17. The molecule has 0 aliphatic carbocycles. The summed E-state index contributed by atoms with van der Waals surface area (Å²) in [6.07, 6.45) is 3.62. The highest BCUT2D eigenvalue weighted by Crippen LogP contribution is 2.23. The lowest BCUT2D eigenvalue weighted by atomic mass is 10.1. The summed E-state index contributed by atoms with van der Waals surface area (Å²) >= 11 is 0. The second-order valence-corrected chi connectivity index (χ2v) is 4.28. The molecule has 2 aromatic rings. The Kier molecular flexibility index (Phi) is 3.94. The third-order valence-corrected chi connectivity index (χ3v) is 2.80. The number of aromatic nitrogens is 2. The van der Waals surface area contributed by atoms with Crippen LogP contribution in [0.15, 0.2) is 24.4 Å². The van der Waals surface area contributed by atoms with Crippen LogP contribution in [0.1, 0.15) is 19.8 Å². The molecule has 0 radical (unpaired) electrons. The highest BCUT2D eigenvalue weighted by Gasteiger charge is 2.10. The topological polar surface area (TPSA) is 84.1 Å². The number of nitrogens with one attached hydrogen (secondary N) is 1. The van der Waals surface area contributed by atoms with Gasteiger partial charge < -0.3 is 16.2 Å². The van der Waals surface area contributed by atoms with Crippen molar-refractivity contribution < 1.29 is 5.11 Å². The number of aliphatic hydroxyl groups is 1. The maximum absolute atomic E-state index is 9.33. The van der Waals surface area contributed by atoms with Gasteiger partial charge in [0, 0.05) is 18.3 Å². The Hall–Kier alpha value is -1.88. The molecular weight excluding hydrogens is 228 g/mol. The van der Waals surface area contributed by atoms with E-state index in [1.165, 1.54) is 0 Å². The van der Waals surface area contributed by atoms with E-state index >= 15 is 0 Å². The van der Waals surface area contributed by atoms with Gasteiger partial charge in [-0.15, -0.1) is 0 Å². The number of nitrogen functional groups attached to an aromatic ring is 1. The molecule has 5 nitrogen and oxygen atoms in total. The number of hydrogen-bond donors (Lipinski definition) is 3. The quantitative estimate of drug-likeness (QED) is 0.749. The van der Waals surface area contributed by atoms with Gasteiger partial charge in [0.15, 0.2) is 0 Å². The van der Waals surface area contributed by atoms with E-state index in [0.29, 0.717) is 5.82 Å². The van der Waals surface area contributed by atoms with E-state index in [1.807, 2.05) is 12.1 Å². The molecule has 0 amide bonds. The van der Waals surface area contributed by atoms with E-state index in [9.17, 15) is 5.11 Å². The minimum Gasteiger partial charge on any atom is -0.394 e. The molecule has 2 rings (SSSR count). The SMILES string of the molecule is CCC[C@@H](CO)Nc1cc(N)nc2cccnc12. The standard InChI is InChI=1S/C13H18N4O/c1-2-4-9(8-18)16-11-7-12(14)17-10-5-3-6-15-13(10)11/h3,5-7,9,18H,2,4,8H2,1H3,(H3,14,16,17)/t9-/m0/s1. The highest BCUT2D eigenvalue weighted by atomic mass is 16.3. The molecule has 2 aromatic heterocycles. The zero-order chi connectivity index (χ0) is 13.0. The van der Waals surface area contributed by atoms with Gasteiger partial charge in [-0.3, -0.25) is 4.98 Å². The first-order valence-electron chi connectivity index (χ1n) is 6.13. The summed E-state index contributed by atoms with van der Waals surface area (Å²) in [5, 5.41) is 12.6. The Balaban J connectivity index is 2.37. The fourth-order valence-electron chi connectivity index (χ4n) is 1.97. The Morgan fingerprint density at radius 1 is 1.50 bits per heavy atom. The first kappa shape index (κ1) is 12.6. The lowest BCUT2D eigenvalue weighted by Gasteiger charge is -2.17. The minimum atomic E-state index is 0.0157. The minimum absolute atomic E-state index is 0.0157. The summed E-state index contributed by atoms with van der Waals surface area (Å²) in [6, 6.07) is 5.47. The molecule has 0 spiro atoms. The second kappa shape index (κ2) is 5.64. The smallest absolute Gasteiger partial charge is 0.126 e. The Morgan fingerprint density at radius 2 is 2.33 bits per heavy atom. The number of pyridine rings is 2. The number of anilines is 2. The number of nitrogens with zero attached hydrogens (tertiary/aromatic N) is 2. The van der Waals surface area contributed by atoms with Crippen molar-refractivity contribution in [2.75, 3.05) is 17.7 Å². The molecule has 0 aromatic carbocycles. The van der Waals surface area contributed by atoms with Gasteiger partial charge in [-0.1, -0.05) is 13.3 Å². The number of aliphatic hydroxyl groups excluding tert-OH is 1. The van der Waals surface area contributed by atoms with Crippen molar-refractivity contribution in [1.29, 1.82) is 0 Å². The normalized spacial score (nSPS) is 12.6. The molecule has 0 saturated heterocycles. The monoisotopic (exact) mass is 246 g/mol. The van der Waals surface area contributed by atoms with Crippen LogP contribution in [0, 0.1) is 0 Å². The first-order valence-corrected chi connectivity index (χ1v) is 6.13. The van der Waals surface area contributed by atoms with Crippen molar-refractivity contribution in [3.8, 4) is 0 Å². The van der Waals surface area contributed by atoms with Gasteiger partial charge in [-0.05, 0) is 18.6 Å². The van der Waals surface area contributed by atoms with Crippen molar-refractivity contribution in [3.05, 3.63) is 24.4 Å². The maximum Gasteiger partial charge on any atom is 0.126 e. The van der Waals surface area contributed by atoms with Crippen LogP contribution in [0.5, 0.6) is 0 Å². The van der Waals surface area contributed by atoms with Crippen LogP contribution in [0.4, 0.5) is 11.5 Å². The van der Waals surface area contributed by atoms with Crippen LogP contribution in [0.25, 0.3) is 11.0 Å². The summed E-state index contributed by atoms with van der Waals surface area (Å²) in [5.74, 6) is 0.450. The van der Waals surface area contributed by atoms with Crippen molar-refractivity contribution >= 4 is 22.5 Å². The van der Waals surface area contributed by atoms with E-state index in [1.54, 1.807) is 12.3 Å². The molecule has 0 unspecified atom stereocenters. The molecule has 1 atom stereocenters. The van der Waals surface area contributed by atoms with Gasteiger partial charge in [-0.2, -0.15) is 0 Å². The van der Waals surface area contributed by atoms with Crippen LogP contribution in [-0.2, 0) is 0 Å². The predicted octanol–water partition coefficient (Wildman–Crippen LogP) is 1.78. The molecular formula is C13H18N4O. The third-order valence-electron chi connectivity index (χ3n) is 2.80. The Morgan fingerprint density at radius 3 is 3.06 bits per heavy atom. The molecule has 96 valence electrons. The zero-order valence-electron chi connectivity index (χ0n) is 10.4. The molecule has 4 N–H and O–H groups in total. The number of fused-ring (bicyclic) bond motifs is 1. The third kappa shape index (κ3) is 2.68. The van der Waals surface area contributed by atoms with Gasteiger partial charge in [-0.25, -0.2) is 4.98 Å². The van der Waals surface area contributed by atoms with Crippen LogP contribution < -0.4 is 11.1 Å². The average molecular weight is 246 g/mol. The molecule has 2 heterocycles. The van der Waals surface area contributed by atoms with Crippen LogP contribution in [-0.4, -0.2) is 27.7 Å². The molecule has 0 aliphatic heterocycles. The van der Waals surface area contributed by atoms with Gasteiger partial charge in [0.05, 0.1) is 17.8 Å². The Bertz CT molecular complexity index is 529. The predicted molar refractivity (Wildman–Crippen MR) is 73.4 cm³/mol. The van der Waals surface area contributed by atoms with Crippen molar-refractivity contribution in [3.63, 3.8) is 0 Å². The average Bonchev–Trinajstić information content (AvgIpc) is 2.38. The molecule has 0 aliphatic rings. The number of nitrogens with two attached hydrogens (primary N) is 1. The molecule has 0 saturated carbocycles. The fraction of sp³-hybridized carbons (Fsp3) is 0.385. The number of rotatable bonds is 5. The molecule has 18 heavy (non-hydrogen) atoms. The van der Waals surface area contributed by atoms with E-state index in [0.717, 1.165) is 29.6 Å². The largest absolute Gasteiger partial charge is 0.394 e. The summed E-state index contributed by atoms with van der Waals surface area (Å²) < 4.78 is 0. The first-order chi connectivity index (χ1) is 8.74. The number of hydrogen-bond acceptors (Lipinski definition) is 5. The zero-order valence-corrected chi connectivity index (χ0v) is 10.4. The second-order valence-electron chi connectivity index (χ2n) is 4.28. The van der Waals surface area contributed by atoms with Gasteiger partial charge in [0.1, 0.15) is 11.3 Å². The molecule has 0 bridgehead atoms. The Labute approximate surface area is 106 Å². The lowest BCUT2D eigenvalue weighted by Crippen LogP contribution is -2.23.